The van der Waals surface area contributed by atoms with Crippen LogP contribution in [0.25, 0.3) is 5.57 Å². The molecule has 0 aromatic heterocycles. The molecule has 0 N–H and O–H groups in total. The van der Waals surface area contributed by atoms with Crippen molar-refractivity contribution < 1.29 is 9.53 Å². The lowest BCUT2D eigenvalue weighted by Gasteiger charge is -2.06. The molecule has 0 atom stereocenters. The lowest BCUT2D eigenvalue weighted by Crippen LogP contribution is -1.95. The summed E-state index contributed by atoms with van der Waals surface area (Å²) in [4.78, 5) is 10.9. The number of ether oxygens (including phenoxy) is 1. The van der Waals surface area contributed by atoms with E-state index in [1.54, 1.807) is 6.08 Å². The van der Waals surface area contributed by atoms with Gasteiger partial charge in [0.1, 0.15) is 6.61 Å². The smallest absolute Gasteiger partial charge is 0.331 e. The summed E-state index contributed by atoms with van der Waals surface area (Å²) in [6.45, 7) is 4.82. The molecule has 0 amide bonds. The Balaban J connectivity index is 2.13. The first-order valence-corrected chi connectivity index (χ1v) is 5.62. The van der Waals surface area contributed by atoms with Gasteiger partial charge in [0.25, 0.3) is 0 Å². The van der Waals surface area contributed by atoms with Crippen molar-refractivity contribution in [1.82, 2.24) is 0 Å². The van der Waals surface area contributed by atoms with Gasteiger partial charge in [0.05, 0.1) is 0 Å². The van der Waals surface area contributed by atoms with Gasteiger partial charge in [-0.2, -0.15) is 0 Å². The Labute approximate surface area is 95.9 Å². The SMILES string of the molecule is CC(C)Cc1ccc(C2=CC(=O)OC2)cc1. The zero-order chi connectivity index (χ0) is 11.5. The minimum atomic E-state index is -0.235. The van der Waals surface area contributed by atoms with E-state index in [9.17, 15) is 4.79 Å². The maximum atomic E-state index is 10.9. The predicted molar refractivity (Wildman–Crippen MR) is 63.9 cm³/mol. The Kier molecular flexibility index (Phi) is 3.09. The maximum absolute atomic E-state index is 10.9. The molecule has 2 rings (SSSR count). The van der Waals surface area contributed by atoms with Crippen molar-refractivity contribution >= 4 is 11.5 Å². The predicted octanol–water partition coefficient (Wildman–Crippen LogP) is 2.83. The van der Waals surface area contributed by atoms with Crippen LogP contribution in [0.1, 0.15) is 25.0 Å². The van der Waals surface area contributed by atoms with E-state index in [0.717, 1.165) is 17.6 Å². The van der Waals surface area contributed by atoms with E-state index in [0.29, 0.717) is 12.5 Å². The summed E-state index contributed by atoms with van der Waals surface area (Å²) in [5, 5.41) is 0. The number of benzene rings is 1. The molecule has 1 heterocycles. The molecule has 2 heteroatoms. The fraction of sp³-hybridized carbons (Fsp3) is 0.357. The Bertz CT molecular complexity index is 413. The zero-order valence-corrected chi connectivity index (χ0v) is 9.69. The van der Waals surface area contributed by atoms with E-state index in [4.69, 9.17) is 4.74 Å². The molecule has 84 valence electrons. The van der Waals surface area contributed by atoms with Crippen molar-refractivity contribution in [1.29, 1.82) is 0 Å². The molecule has 0 spiro atoms. The van der Waals surface area contributed by atoms with Crippen LogP contribution in [0, 0.1) is 5.92 Å². The second kappa shape index (κ2) is 4.52. The van der Waals surface area contributed by atoms with Gasteiger partial charge in [-0.1, -0.05) is 38.1 Å². The van der Waals surface area contributed by atoms with Crippen LogP contribution in [0.3, 0.4) is 0 Å². The third-order valence-corrected chi connectivity index (χ3v) is 2.63. The van der Waals surface area contributed by atoms with Crippen molar-refractivity contribution in [3.63, 3.8) is 0 Å². The van der Waals surface area contributed by atoms with Gasteiger partial charge in [-0.25, -0.2) is 4.79 Å². The van der Waals surface area contributed by atoms with Gasteiger partial charge in [0, 0.05) is 11.6 Å². The molecule has 0 aliphatic carbocycles. The molecular weight excluding hydrogens is 200 g/mol. The second-order valence-electron chi connectivity index (χ2n) is 4.57. The molecule has 16 heavy (non-hydrogen) atoms. The van der Waals surface area contributed by atoms with Crippen molar-refractivity contribution in [2.24, 2.45) is 5.92 Å². The Morgan fingerprint density at radius 1 is 1.25 bits per heavy atom. The first-order chi connectivity index (χ1) is 7.65. The van der Waals surface area contributed by atoms with Crippen LogP contribution in [0.4, 0.5) is 0 Å². The summed E-state index contributed by atoms with van der Waals surface area (Å²) in [6.07, 6.45) is 2.66. The third-order valence-electron chi connectivity index (χ3n) is 2.63. The third kappa shape index (κ3) is 2.51. The van der Waals surface area contributed by atoms with E-state index >= 15 is 0 Å². The molecule has 0 saturated carbocycles. The number of esters is 1. The van der Waals surface area contributed by atoms with Crippen LogP contribution in [0.2, 0.25) is 0 Å². The first kappa shape index (κ1) is 10.9. The van der Waals surface area contributed by atoms with Crippen LogP contribution >= 0.6 is 0 Å². The lowest BCUT2D eigenvalue weighted by molar-refractivity contribution is -0.134. The molecule has 1 aliphatic rings. The monoisotopic (exact) mass is 216 g/mol. The largest absolute Gasteiger partial charge is 0.458 e. The van der Waals surface area contributed by atoms with Crippen LogP contribution in [-0.2, 0) is 16.0 Å². The quantitative estimate of drug-likeness (QED) is 0.726. The number of hydrogen-bond acceptors (Lipinski definition) is 2. The molecule has 0 unspecified atom stereocenters. The van der Waals surface area contributed by atoms with Gasteiger partial charge in [-0.05, 0) is 23.5 Å². The topological polar surface area (TPSA) is 26.3 Å². The standard InChI is InChI=1S/C14H16O2/c1-10(2)7-11-3-5-12(6-4-11)13-8-14(15)16-9-13/h3-6,8,10H,7,9H2,1-2H3. The van der Waals surface area contributed by atoms with Crippen LogP contribution in [0.15, 0.2) is 30.3 Å². The highest BCUT2D eigenvalue weighted by atomic mass is 16.5. The Hall–Kier alpha value is -1.57. The van der Waals surface area contributed by atoms with Gasteiger partial charge in [-0.3, -0.25) is 0 Å². The minimum Gasteiger partial charge on any atom is -0.458 e. The highest BCUT2D eigenvalue weighted by Crippen LogP contribution is 2.20. The fourth-order valence-corrected chi connectivity index (χ4v) is 1.87. The Morgan fingerprint density at radius 2 is 1.94 bits per heavy atom. The summed E-state index contributed by atoms with van der Waals surface area (Å²) in [7, 11) is 0. The normalized spacial score (nSPS) is 15.2. The molecule has 2 nitrogen and oxygen atoms in total. The number of carbonyl (C=O) groups is 1. The average Bonchev–Trinajstić information content (AvgIpc) is 2.65. The summed E-state index contributed by atoms with van der Waals surface area (Å²) in [6, 6.07) is 8.37. The van der Waals surface area contributed by atoms with Crippen LogP contribution < -0.4 is 0 Å². The molecule has 0 radical (unpaired) electrons. The van der Waals surface area contributed by atoms with E-state index < -0.39 is 0 Å². The molecule has 0 saturated heterocycles. The summed E-state index contributed by atoms with van der Waals surface area (Å²) in [5.74, 6) is 0.433. The van der Waals surface area contributed by atoms with Gasteiger partial charge >= 0.3 is 5.97 Å². The van der Waals surface area contributed by atoms with E-state index in [1.165, 1.54) is 5.56 Å². The van der Waals surface area contributed by atoms with Gasteiger partial charge < -0.3 is 4.74 Å². The summed E-state index contributed by atoms with van der Waals surface area (Å²) >= 11 is 0. The molecule has 1 aromatic carbocycles. The maximum Gasteiger partial charge on any atom is 0.331 e. The summed E-state index contributed by atoms with van der Waals surface area (Å²) < 4.78 is 4.88. The summed E-state index contributed by atoms with van der Waals surface area (Å²) in [5.41, 5.74) is 3.39. The molecule has 0 bridgehead atoms. The van der Waals surface area contributed by atoms with E-state index in [-0.39, 0.29) is 5.97 Å². The first-order valence-electron chi connectivity index (χ1n) is 5.62. The number of carbonyl (C=O) groups excluding carboxylic acids is 1. The van der Waals surface area contributed by atoms with Gasteiger partial charge in [0.2, 0.25) is 0 Å². The van der Waals surface area contributed by atoms with Crippen molar-refractivity contribution in [2.75, 3.05) is 6.61 Å². The fourth-order valence-electron chi connectivity index (χ4n) is 1.87. The zero-order valence-electron chi connectivity index (χ0n) is 9.69. The minimum absolute atomic E-state index is 0.235. The number of hydrogen-bond donors (Lipinski definition) is 0. The molecular formula is C14H16O2. The molecule has 1 aliphatic heterocycles. The van der Waals surface area contributed by atoms with Crippen molar-refractivity contribution in [2.45, 2.75) is 20.3 Å². The van der Waals surface area contributed by atoms with Crippen LogP contribution in [-0.4, -0.2) is 12.6 Å². The van der Waals surface area contributed by atoms with Crippen LogP contribution in [0.5, 0.6) is 0 Å². The van der Waals surface area contributed by atoms with E-state index in [1.807, 2.05) is 0 Å². The molecule has 1 aromatic rings. The Morgan fingerprint density at radius 3 is 2.44 bits per heavy atom. The lowest BCUT2D eigenvalue weighted by atomic mass is 9.99. The average molecular weight is 216 g/mol. The van der Waals surface area contributed by atoms with Crippen molar-refractivity contribution in [3.05, 3.63) is 41.5 Å². The number of cyclic esters (lactones) is 1. The number of rotatable bonds is 3. The van der Waals surface area contributed by atoms with Gasteiger partial charge in [-0.15, -0.1) is 0 Å². The van der Waals surface area contributed by atoms with E-state index in [2.05, 4.69) is 38.1 Å². The second-order valence-corrected chi connectivity index (χ2v) is 4.57. The highest BCUT2D eigenvalue weighted by molar-refractivity contribution is 5.95. The van der Waals surface area contributed by atoms with Crippen molar-refractivity contribution in [3.8, 4) is 0 Å². The van der Waals surface area contributed by atoms with Gasteiger partial charge in [0.15, 0.2) is 0 Å². The highest BCUT2D eigenvalue weighted by Gasteiger charge is 2.14. The molecule has 0 fully saturated rings.